The van der Waals surface area contributed by atoms with E-state index in [2.05, 4.69) is 37.3 Å². The average molecular weight is 758 g/mol. The molecule has 6 aliphatic rings. The van der Waals surface area contributed by atoms with Crippen molar-refractivity contribution in [1.82, 2.24) is 4.98 Å². The Hall–Kier alpha value is -5.61. The SMILES string of the molecule is CC1(c2ccc(O)cc2)C2=N/C(=C(/C3C=CC(O)=CC3)c3ccc([n-]3)/C(c3ccc(O)cc3)=C3/C=CC(=N3)/C(C3C=C[C@H](O)CC3)=C3/C=CC1[N-]3)C=C2.[Co+2]. The number of phenols is 2. The Morgan fingerprint density at radius 3 is 2.15 bits per heavy atom. The van der Waals surface area contributed by atoms with Crippen molar-refractivity contribution >= 4 is 22.6 Å². The summed E-state index contributed by atoms with van der Waals surface area (Å²) in [6, 6.07) is 18.1. The van der Waals surface area contributed by atoms with Crippen LogP contribution in [-0.4, -0.2) is 44.0 Å². The summed E-state index contributed by atoms with van der Waals surface area (Å²) in [5, 5.41) is 46.6. The number of aliphatic hydroxyl groups excluding tert-OH is 2. The zero-order chi connectivity index (χ0) is 36.3. The van der Waals surface area contributed by atoms with Crippen LogP contribution in [0.25, 0.3) is 16.5 Å². The fraction of sp³-hybridized carbons (Fsp3) is 0.200. The summed E-state index contributed by atoms with van der Waals surface area (Å²) < 4.78 is 0. The van der Waals surface area contributed by atoms with Gasteiger partial charge in [0.2, 0.25) is 0 Å². The molecule has 1 radical (unpaired) electrons. The molecule has 2 aliphatic carbocycles. The summed E-state index contributed by atoms with van der Waals surface area (Å²) in [6.07, 6.45) is 23.4. The van der Waals surface area contributed by atoms with Crippen molar-refractivity contribution < 1.29 is 37.2 Å². The third kappa shape index (κ3) is 6.18. The van der Waals surface area contributed by atoms with Crippen molar-refractivity contribution in [2.45, 2.75) is 43.7 Å². The van der Waals surface area contributed by atoms with Crippen molar-refractivity contribution in [2.24, 2.45) is 21.8 Å². The smallest absolute Gasteiger partial charge is 0.677 e. The van der Waals surface area contributed by atoms with Gasteiger partial charge in [0.15, 0.2) is 0 Å². The number of fused-ring (bicyclic) bond motifs is 6. The molecule has 8 nitrogen and oxygen atoms in total. The minimum atomic E-state index is -0.717. The normalized spacial score (nSPS) is 30.9. The molecule has 0 saturated heterocycles. The number of rotatable bonds is 4. The van der Waals surface area contributed by atoms with Crippen LogP contribution < -0.4 is 4.98 Å². The topological polar surface area (TPSA) is 134 Å². The van der Waals surface area contributed by atoms with E-state index in [-0.39, 0.29) is 51.9 Å². The Morgan fingerprint density at radius 1 is 0.685 bits per heavy atom. The maximum absolute atomic E-state index is 10.4. The number of allylic oxidation sites excluding steroid dienone is 11. The molecule has 9 heteroatoms. The molecule has 8 bridgehead atoms. The first kappa shape index (κ1) is 35.4. The molecule has 0 fully saturated rings. The summed E-state index contributed by atoms with van der Waals surface area (Å²) in [4.78, 5) is 16.0. The third-order valence-electron chi connectivity index (χ3n) is 11.2. The number of aromatic nitrogens is 1. The van der Waals surface area contributed by atoms with Gasteiger partial charge in [0, 0.05) is 17.3 Å². The number of aromatic hydroxyl groups is 2. The van der Waals surface area contributed by atoms with Gasteiger partial charge in [-0.25, -0.2) is 4.99 Å². The molecule has 2 aromatic carbocycles. The maximum atomic E-state index is 10.4. The van der Waals surface area contributed by atoms with E-state index in [1.54, 1.807) is 30.3 Å². The largest absolute Gasteiger partial charge is 2.00 e. The summed E-state index contributed by atoms with van der Waals surface area (Å²) in [5.41, 5.74) is 9.39. The molecule has 9 rings (SSSR count). The second kappa shape index (κ2) is 14.0. The summed E-state index contributed by atoms with van der Waals surface area (Å²) in [7, 11) is 0. The Bertz CT molecular complexity index is 2360. The molecular formula is C45H38CoN4O4. The minimum absolute atomic E-state index is 0. The molecule has 271 valence electrons. The van der Waals surface area contributed by atoms with Gasteiger partial charge in [0.25, 0.3) is 0 Å². The van der Waals surface area contributed by atoms with Crippen LogP contribution in [0.3, 0.4) is 0 Å². The predicted octanol–water partition coefficient (Wildman–Crippen LogP) is 8.43. The van der Waals surface area contributed by atoms with Crippen molar-refractivity contribution in [2.75, 3.05) is 0 Å². The summed E-state index contributed by atoms with van der Waals surface area (Å²) in [5.74, 6) is 0.490. The quantitative estimate of drug-likeness (QED) is 0.198. The van der Waals surface area contributed by atoms with E-state index in [4.69, 9.17) is 20.3 Å². The number of nitrogens with zero attached hydrogens (tertiary/aromatic N) is 4. The zero-order valence-electron chi connectivity index (χ0n) is 29.5. The van der Waals surface area contributed by atoms with Gasteiger partial charge >= 0.3 is 16.8 Å². The van der Waals surface area contributed by atoms with E-state index < -0.39 is 11.5 Å². The Morgan fingerprint density at radius 2 is 1.43 bits per heavy atom. The zero-order valence-corrected chi connectivity index (χ0v) is 30.5. The molecule has 5 heterocycles. The molecular weight excluding hydrogens is 719 g/mol. The van der Waals surface area contributed by atoms with Crippen LogP contribution in [0.15, 0.2) is 166 Å². The first-order chi connectivity index (χ1) is 25.7. The molecule has 4 unspecified atom stereocenters. The molecule has 54 heavy (non-hydrogen) atoms. The van der Waals surface area contributed by atoms with E-state index >= 15 is 0 Å². The van der Waals surface area contributed by atoms with E-state index in [0.717, 1.165) is 74.2 Å². The number of phenolic OH excluding ortho intramolecular Hbond substituents is 2. The van der Waals surface area contributed by atoms with Gasteiger partial charge in [0.1, 0.15) is 17.3 Å². The Labute approximate surface area is 324 Å². The first-order valence-corrected chi connectivity index (χ1v) is 18.1. The van der Waals surface area contributed by atoms with E-state index in [9.17, 15) is 20.4 Å². The van der Waals surface area contributed by atoms with Gasteiger partial charge in [-0.2, -0.15) is 0 Å². The molecule has 3 aromatic rings. The maximum Gasteiger partial charge on any atom is 2.00 e. The molecule has 0 saturated carbocycles. The van der Waals surface area contributed by atoms with Crippen LogP contribution in [0, 0.1) is 11.8 Å². The summed E-state index contributed by atoms with van der Waals surface area (Å²) in [6.45, 7) is 2.16. The van der Waals surface area contributed by atoms with Crippen molar-refractivity contribution in [3.8, 4) is 11.5 Å². The Kier molecular flexibility index (Phi) is 9.17. The van der Waals surface area contributed by atoms with Gasteiger partial charge in [-0.3, -0.25) is 4.99 Å². The van der Waals surface area contributed by atoms with Gasteiger partial charge in [-0.1, -0.05) is 79.7 Å². The molecule has 4 N–H and O–H groups in total. The second-order valence-corrected chi connectivity index (χ2v) is 14.4. The van der Waals surface area contributed by atoms with Gasteiger partial charge in [-0.15, -0.1) is 17.1 Å². The van der Waals surface area contributed by atoms with Crippen molar-refractivity contribution in [3.05, 3.63) is 184 Å². The van der Waals surface area contributed by atoms with E-state index in [1.807, 2.05) is 66.8 Å². The van der Waals surface area contributed by atoms with Crippen LogP contribution in [0.5, 0.6) is 11.5 Å². The fourth-order valence-electron chi connectivity index (χ4n) is 8.23. The average Bonchev–Trinajstić information content (AvgIpc) is 4.01. The third-order valence-corrected chi connectivity index (χ3v) is 11.2. The fourth-order valence-corrected chi connectivity index (χ4v) is 8.23. The molecule has 0 amide bonds. The van der Waals surface area contributed by atoms with Crippen LogP contribution >= 0.6 is 0 Å². The van der Waals surface area contributed by atoms with Crippen molar-refractivity contribution in [1.29, 1.82) is 0 Å². The van der Waals surface area contributed by atoms with E-state index in [0.29, 0.717) is 12.8 Å². The van der Waals surface area contributed by atoms with Gasteiger partial charge in [-0.05, 0) is 108 Å². The van der Waals surface area contributed by atoms with Gasteiger partial charge in [0.05, 0.1) is 28.9 Å². The number of hydrogen-bond acceptors (Lipinski definition) is 6. The van der Waals surface area contributed by atoms with E-state index in [1.165, 1.54) is 0 Å². The van der Waals surface area contributed by atoms with Crippen molar-refractivity contribution in [3.63, 3.8) is 0 Å². The van der Waals surface area contributed by atoms with Gasteiger partial charge < -0.3 is 30.7 Å². The monoisotopic (exact) mass is 757 g/mol. The minimum Gasteiger partial charge on any atom is -0.677 e. The number of aliphatic hydroxyl groups is 2. The number of aliphatic imine (C=N–C) groups is 2. The standard InChI is InChI=1S/C45H38N4O4.Co/c1-45(29-8-16-33(53)17-9-29)40-24-22-38(48-40)43(27-4-12-31(51)13-5-27)36-20-18-34(46-36)42(26-2-10-30(50)11-3-26)35-19-21-37(47-35)44(39-23-25-41(45)49-39)28-6-14-32(52)15-7-28;/h2-4,6,8-14,16-25,27-28,32,41,52H,5,7,15H2,1H3,(H3-2,46,47,48,49,50,51,53);/q-2;+2/t27?,28?,32-,41?,45?;/m0./s1. The number of hydrogen-bond donors (Lipinski definition) is 4. The molecule has 1 aromatic heterocycles. The second-order valence-electron chi connectivity index (χ2n) is 14.4. The van der Waals surface area contributed by atoms with Crippen LogP contribution in [0.2, 0.25) is 0 Å². The molecule has 4 aliphatic heterocycles. The summed E-state index contributed by atoms with van der Waals surface area (Å²) >= 11 is 0. The Balaban J connectivity index is 0.00000413. The molecule has 0 spiro atoms. The van der Waals surface area contributed by atoms with Crippen LogP contribution in [0.1, 0.15) is 48.7 Å². The number of benzene rings is 2. The molecule has 5 atom stereocenters. The van der Waals surface area contributed by atoms with Crippen LogP contribution in [0.4, 0.5) is 0 Å². The van der Waals surface area contributed by atoms with Crippen LogP contribution in [-0.2, 0) is 22.2 Å². The predicted molar refractivity (Wildman–Crippen MR) is 209 cm³/mol. The first-order valence-electron chi connectivity index (χ1n) is 18.1.